The molecule has 1 aliphatic rings. The van der Waals surface area contributed by atoms with Gasteiger partial charge in [-0.3, -0.25) is 9.48 Å². The average molecular weight is 248 g/mol. The van der Waals surface area contributed by atoms with Gasteiger partial charge in [-0.25, -0.2) is 0 Å². The Morgan fingerprint density at radius 1 is 1.61 bits per heavy atom. The van der Waals surface area contributed by atoms with Gasteiger partial charge < -0.3 is 10.6 Å². The van der Waals surface area contributed by atoms with Crippen molar-refractivity contribution in [3.63, 3.8) is 0 Å². The van der Waals surface area contributed by atoms with E-state index in [1.807, 2.05) is 4.90 Å². The summed E-state index contributed by atoms with van der Waals surface area (Å²) in [5, 5.41) is 4.04. The maximum Gasteiger partial charge on any atom is 0.244 e. The lowest BCUT2D eigenvalue weighted by Crippen LogP contribution is -2.40. The highest BCUT2D eigenvalue weighted by molar-refractivity contribution is 5.76. The number of aromatic nitrogens is 2. The number of hydrogen-bond acceptors (Lipinski definition) is 3. The van der Waals surface area contributed by atoms with Crippen LogP contribution in [0.15, 0.2) is 25.0 Å². The number of rotatable bonds is 5. The predicted octanol–water partition coefficient (Wildman–Crippen LogP) is 1.42. The number of carbonyl (C=O) groups is 1. The molecule has 1 heterocycles. The molecule has 18 heavy (non-hydrogen) atoms. The average Bonchev–Trinajstić information content (AvgIpc) is 2.97. The summed E-state index contributed by atoms with van der Waals surface area (Å²) >= 11 is 0. The molecule has 1 aromatic heterocycles. The van der Waals surface area contributed by atoms with Gasteiger partial charge in [-0.15, -0.1) is 6.58 Å². The zero-order chi connectivity index (χ0) is 13.0. The van der Waals surface area contributed by atoms with Gasteiger partial charge in [-0.05, 0) is 12.8 Å². The highest BCUT2D eigenvalue weighted by Gasteiger charge is 2.25. The third-order valence-electron chi connectivity index (χ3n) is 3.36. The lowest BCUT2D eigenvalue weighted by Gasteiger charge is -2.27. The van der Waals surface area contributed by atoms with Crippen molar-refractivity contribution < 1.29 is 4.79 Å². The number of nitrogen functional groups attached to an aromatic ring is 1. The van der Waals surface area contributed by atoms with E-state index in [1.165, 1.54) is 12.8 Å². The molecule has 0 aliphatic heterocycles. The molecule has 0 bridgehead atoms. The molecule has 0 unspecified atom stereocenters. The number of amides is 1. The SMILES string of the molecule is C=CCN(C(=O)Cn1cc(N)cn1)C1CCCC1. The van der Waals surface area contributed by atoms with Crippen molar-refractivity contribution in [1.82, 2.24) is 14.7 Å². The second-order valence-electron chi connectivity index (χ2n) is 4.74. The van der Waals surface area contributed by atoms with Gasteiger partial charge in [0, 0.05) is 18.8 Å². The molecule has 1 saturated carbocycles. The highest BCUT2D eigenvalue weighted by atomic mass is 16.2. The number of nitrogens with two attached hydrogens (primary N) is 1. The molecule has 0 atom stereocenters. The van der Waals surface area contributed by atoms with Crippen LogP contribution in [0.1, 0.15) is 25.7 Å². The first kappa shape index (κ1) is 12.7. The third-order valence-corrected chi connectivity index (χ3v) is 3.36. The van der Waals surface area contributed by atoms with Gasteiger partial charge in [0.15, 0.2) is 0 Å². The fourth-order valence-corrected chi connectivity index (χ4v) is 2.50. The minimum absolute atomic E-state index is 0.0879. The van der Waals surface area contributed by atoms with Crippen LogP contribution in [-0.2, 0) is 11.3 Å². The van der Waals surface area contributed by atoms with Crippen LogP contribution in [0.2, 0.25) is 0 Å². The van der Waals surface area contributed by atoms with Gasteiger partial charge in [0.05, 0.1) is 11.9 Å². The Morgan fingerprint density at radius 3 is 2.89 bits per heavy atom. The molecule has 0 saturated heterocycles. The summed E-state index contributed by atoms with van der Waals surface area (Å²) in [6.07, 6.45) is 9.63. The smallest absolute Gasteiger partial charge is 0.244 e. The molecular weight excluding hydrogens is 228 g/mol. The van der Waals surface area contributed by atoms with Gasteiger partial charge in [0.25, 0.3) is 0 Å². The molecule has 5 heteroatoms. The predicted molar refractivity (Wildman–Crippen MR) is 70.8 cm³/mol. The minimum atomic E-state index is 0.0879. The van der Waals surface area contributed by atoms with Gasteiger partial charge in [-0.1, -0.05) is 18.9 Å². The maximum absolute atomic E-state index is 12.3. The van der Waals surface area contributed by atoms with E-state index < -0.39 is 0 Å². The van der Waals surface area contributed by atoms with Crippen molar-refractivity contribution in [2.24, 2.45) is 0 Å². The van der Waals surface area contributed by atoms with Crippen LogP contribution in [0.4, 0.5) is 5.69 Å². The Bertz CT molecular complexity index is 420. The Hall–Kier alpha value is -1.78. The number of anilines is 1. The number of nitrogens with zero attached hydrogens (tertiary/aromatic N) is 3. The van der Waals surface area contributed by atoms with Crippen LogP contribution < -0.4 is 5.73 Å². The van der Waals surface area contributed by atoms with E-state index >= 15 is 0 Å². The second-order valence-corrected chi connectivity index (χ2v) is 4.74. The van der Waals surface area contributed by atoms with Crippen LogP contribution >= 0.6 is 0 Å². The Kier molecular flexibility index (Phi) is 4.02. The number of hydrogen-bond donors (Lipinski definition) is 1. The lowest BCUT2D eigenvalue weighted by molar-refractivity contribution is -0.133. The van der Waals surface area contributed by atoms with E-state index in [4.69, 9.17) is 5.73 Å². The maximum atomic E-state index is 12.3. The molecule has 1 aromatic rings. The van der Waals surface area contributed by atoms with Crippen molar-refractivity contribution in [3.05, 3.63) is 25.0 Å². The van der Waals surface area contributed by atoms with Crippen molar-refractivity contribution in [3.8, 4) is 0 Å². The van der Waals surface area contributed by atoms with E-state index in [0.29, 0.717) is 18.3 Å². The molecule has 0 spiro atoms. The summed E-state index contributed by atoms with van der Waals surface area (Å²) in [4.78, 5) is 14.2. The molecule has 1 amide bonds. The zero-order valence-corrected chi connectivity index (χ0v) is 10.6. The molecule has 98 valence electrons. The minimum Gasteiger partial charge on any atom is -0.396 e. The molecular formula is C13H20N4O. The summed E-state index contributed by atoms with van der Waals surface area (Å²) in [5.74, 6) is 0.0879. The molecule has 5 nitrogen and oxygen atoms in total. The van der Waals surface area contributed by atoms with Gasteiger partial charge in [0.1, 0.15) is 6.54 Å². The molecule has 1 aliphatic carbocycles. The Morgan fingerprint density at radius 2 is 2.33 bits per heavy atom. The molecule has 1 fully saturated rings. The molecule has 2 rings (SSSR count). The van der Waals surface area contributed by atoms with Crippen molar-refractivity contribution in [2.45, 2.75) is 38.3 Å². The third kappa shape index (κ3) is 2.91. The van der Waals surface area contributed by atoms with Gasteiger partial charge in [0.2, 0.25) is 5.91 Å². The van der Waals surface area contributed by atoms with Crippen LogP contribution in [0.25, 0.3) is 0 Å². The largest absolute Gasteiger partial charge is 0.396 e. The lowest BCUT2D eigenvalue weighted by atomic mass is 10.2. The van der Waals surface area contributed by atoms with E-state index in [2.05, 4.69) is 11.7 Å². The van der Waals surface area contributed by atoms with Crippen LogP contribution in [0.5, 0.6) is 0 Å². The summed E-state index contributed by atoms with van der Waals surface area (Å²) in [5.41, 5.74) is 6.17. The molecule has 2 N–H and O–H groups in total. The number of carbonyl (C=O) groups excluding carboxylic acids is 1. The summed E-state index contributed by atoms with van der Waals surface area (Å²) < 4.78 is 1.59. The molecule has 0 radical (unpaired) electrons. The van der Waals surface area contributed by atoms with Crippen molar-refractivity contribution >= 4 is 11.6 Å². The van der Waals surface area contributed by atoms with Gasteiger partial charge >= 0.3 is 0 Å². The topological polar surface area (TPSA) is 64.2 Å². The van der Waals surface area contributed by atoms with E-state index in [-0.39, 0.29) is 12.5 Å². The van der Waals surface area contributed by atoms with Crippen LogP contribution in [0.3, 0.4) is 0 Å². The first-order valence-corrected chi connectivity index (χ1v) is 6.39. The first-order chi connectivity index (χ1) is 8.70. The summed E-state index contributed by atoms with van der Waals surface area (Å²) in [7, 11) is 0. The monoisotopic (exact) mass is 248 g/mol. The van der Waals surface area contributed by atoms with Gasteiger partial charge in [-0.2, -0.15) is 5.10 Å². The Balaban J connectivity index is 2.00. The van der Waals surface area contributed by atoms with Crippen LogP contribution in [-0.4, -0.2) is 33.2 Å². The fraction of sp³-hybridized carbons (Fsp3) is 0.538. The summed E-state index contributed by atoms with van der Waals surface area (Å²) in [6, 6.07) is 0.364. The van der Waals surface area contributed by atoms with Crippen LogP contribution in [0, 0.1) is 0 Å². The van der Waals surface area contributed by atoms with E-state index in [9.17, 15) is 4.79 Å². The highest BCUT2D eigenvalue weighted by Crippen LogP contribution is 2.23. The van der Waals surface area contributed by atoms with E-state index in [1.54, 1.807) is 23.2 Å². The quantitative estimate of drug-likeness (QED) is 0.802. The van der Waals surface area contributed by atoms with E-state index in [0.717, 1.165) is 12.8 Å². The fourth-order valence-electron chi connectivity index (χ4n) is 2.50. The zero-order valence-electron chi connectivity index (χ0n) is 10.6. The van der Waals surface area contributed by atoms with Crippen molar-refractivity contribution in [2.75, 3.05) is 12.3 Å². The Labute approximate surface area is 107 Å². The first-order valence-electron chi connectivity index (χ1n) is 6.39. The van der Waals surface area contributed by atoms with Crippen molar-refractivity contribution in [1.29, 1.82) is 0 Å². The summed E-state index contributed by atoms with van der Waals surface area (Å²) in [6.45, 7) is 4.59. The standard InChI is InChI=1S/C13H20N4O/c1-2-7-17(12-5-3-4-6-12)13(18)10-16-9-11(14)8-15-16/h2,8-9,12H,1,3-7,10,14H2. The molecule has 0 aromatic carbocycles. The second kappa shape index (κ2) is 5.71. The normalized spacial score (nSPS) is 15.8.